The molecule has 0 saturated heterocycles. The highest BCUT2D eigenvalue weighted by molar-refractivity contribution is 5.79. The van der Waals surface area contributed by atoms with Crippen molar-refractivity contribution in [2.24, 2.45) is 22.5 Å². The molecule has 1 aliphatic carbocycles. The van der Waals surface area contributed by atoms with Crippen molar-refractivity contribution in [3.63, 3.8) is 0 Å². The van der Waals surface area contributed by atoms with E-state index in [1.54, 1.807) is 0 Å². The molecule has 112 valence electrons. The molecule has 1 fully saturated rings. The van der Waals surface area contributed by atoms with Crippen LogP contribution >= 0.6 is 0 Å². The Morgan fingerprint density at radius 3 is 2.42 bits per heavy atom. The van der Waals surface area contributed by atoms with Crippen molar-refractivity contribution in [1.82, 2.24) is 5.32 Å². The Morgan fingerprint density at radius 2 is 1.95 bits per heavy atom. The van der Waals surface area contributed by atoms with Crippen LogP contribution in [-0.4, -0.2) is 19.0 Å². The van der Waals surface area contributed by atoms with E-state index in [0.717, 1.165) is 32.2 Å². The SMILES string of the molecule is CCC(CC)(CN)CNC(=O)C1CCCCC1(C)C. The summed E-state index contributed by atoms with van der Waals surface area (Å²) in [4.78, 5) is 12.5. The molecule has 1 rings (SSSR count). The van der Waals surface area contributed by atoms with E-state index in [-0.39, 0.29) is 22.7 Å². The van der Waals surface area contributed by atoms with E-state index < -0.39 is 0 Å². The average Bonchev–Trinajstić information content (AvgIpc) is 2.40. The molecule has 3 nitrogen and oxygen atoms in total. The van der Waals surface area contributed by atoms with Crippen LogP contribution in [0.2, 0.25) is 0 Å². The molecule has 0 aromatic carbocycles. The fourth-order valence-electron chi connectivity index (χ4n) is 3.24. The Kier molecular flexibility index (Phi) is 5.84. The van der Waals surface area contributed by atoms with Gasteiger partial charge in [-0.2, -0.15) is 0 Å². The summed E-state index contributed by atoms with van der Waals surface area (Å²) in [6.07, 6.45) is 6.68. The number of amides is 1. The summed E-state index contributed by atoms with van der Waals surface area (Å²) < 4.78 is 0. The molecule has 0 aromatic heterocycles. The molecule has 19 heavy (non-hydrogen) atoms. The third kappa shape index (κ3) is 3.95. The maximum atomic E-state index is 12.5. The minimum atomic E-state index is 0.0778. The van der Waals surface area contributed by atoms with Crippen LogP contribution in [0.15, 0.2) is 0 Å². The molecule has 3 heteroatoms. The predicted octanol–water partition coefficient (Wildman–Crippen LogP) is 3.08. The van der Waals surface area contributed by atoms with Gasteiger partial charge in [-0.25, -0.2) is 0 Å². The Morgan fingerprint density at radius 1 is 1.32 bits per heavy atom. The summed E-state index contributed by atoms with van der Waals surface area (Å²) in [5, 5.41) is 3.18. The van der Waals surface area contributed by atoms with Gasteiger partial charge in [0.25, 0.3) is 0 Å². The third-order valence-electron chi connectivity index (χ3n) is 5.39. The summed E-state index contributed by atoms with van der Waals surface area (Å²) >= 11 is 0. The normalized spacial score (nSPS) is 23.1. The van der Waals surface area contributed by atoms with Gasteiger partial charge in [-0.05, 0) is 43.1 Å². The van der Waals surface area contributed by atoms with Gasteiger partial charge in [0.2, 0.25) is 5.91 Å². The average molecular weight is 268 g/mol. The van der Waals surface area contributed by atoms with Gasteiger partial charge in [0.1, 0.15) is 0 Å². The quantitative estimate of drug-likeness (QED) is 0.778. The van der Waals surface area contributed by atoms with Gasteiger partial charge in [-0.3, -0.25) is 4.79 Å². The lowest BCUT2D eigenvalue weighted by atomic mass is 9.68. The van der Waals surface area contributed by atoms with Crippen molar-refractivity contribution >= 4 is 5.91 Å². The Balaban J connectivity index is 2.59. The highest BCUT2D eigenvalue weighted by Gasteiger charge is 2.37. The molecule has 3 N–H and O–H groups in total. The standard InChI is InChI=1S/C16H32N2O/c1-5-16(6-2,11-17)12-18-14(19)13-9-7-8-10-15(13,3)4/h13H,5-12,17H2,1-4H3,(H,18,19). The van der Waals surface area contributed by atoms with Crippen molar-refractivity contribution in [2.75, 3.05) is 13.1 Å². The first-order valence-electron chi connectivity index (χ1n) is 7.88. The summed E-state index contributed by atoms with van der Waals surface area (Å²) in [6.45, 7) is 10.1. The third-order valence-corrected chi connectivity index (χ3v) is 5.39. The van der Waals surface area contributed by atoms with Crippen molar-refractivity contribution in [1.29, 1.82) is 0 Å². The minimum Gasteiger partial charge on any atom is -0.355 e. The number of rotatable bonds is 6. The lowest BCUT2D eigenvalue weighted by Gasteiger charge is -2.38. The number of nitrogens with one attached hydrogen (secondary N) is 1. The van der Waals surface area contributed by atoms with E-state index in [1.165, 1.54) is 12.8 Å². The molecule has 0 heterocycles. The fraction of sp³-hybridized carbons (Fsp3) is 0.938. The van der Waals surface area contributed by atoms with Crippen LogP contribution in [0.25, 0.3) is 0 Å². The molecule has 1 unspecified atom stereocenters. The van der Waals surface area contributed by atoms with Crippen LogP contribution in [-0.2, 0) is 4.79 Å². The second-order valence-corrected chi connectivity index (χ2v) is 6.92. The van der Waals surface area contributed by atoms with E-state index in [2.05, 4.69) is 33.0 Å². The first-order chi connectivity index (χ1) is 8.90. The monoisotopic (exact) mass is 268 g/mol. The number of carbonyl (C=O) groups excluding carboxylic acids is 1. The Hall–Kier alpha value is -0.570. The maximum absolute atomic E-state index is 12.5. The van der Waals surface area contributed by atoms with Crippen molar-refractivity contribution in [3.05, 3.63) is 0 Å². The van der Waals surface area contributed by atoms with Crippen LogP contribution in [0.3, 0.4) is 0 Å². The van der Waals surface area contributed by atoms with Crippen LogP contribution in [0, 0.1) is 16.7 Å². The molecule has 0 radical (unpaired) electrons. The molecular formula is C16H32N2O. The molecule has 1 atom stereocenters. The predicted molar refractivity (Wildman–Crippen MR) is 80.8 cm³/mol. The second kappa shape index (κ2) is 6.74. The zero-order chi connectivity index (χ0) is 14.5. The van der Waals surface area contributed by atoms with Gasteiger partial charge in [-0.1, -0.05) is 40.5 Å². The highest BCUT2D eigenvalue weighted by Crippen LogP contribution is 2.40. The van der Waals surface area contributed by atoms with Gasteiger partial charge in [0.15, 0.2) is 0 Å². The van der Waals surface area contributed by atoms with Gasteiger partial charge < -0.3 is 11.1 Å². The summed E-state index contributed by atoms with van der Waals surface area (Å²) in [5.74, 6) is 0.412. The van der Waals surface area contributed by atoms with Crippen LogP contribution in [0.4, 0.5) is 0 Å². The Bertz CT molecular complexity index is 287. The van der Waals surface area contributed by atoms with Gasteiger partial charge in [0, 0.05) is 12.5 Å². The number of nitrogens with two attached hydrogens (primary N) is 1. The Labute approximate surface area is 118 Å². The second-order valence-electron chi connectivity index (χ2n) is 6.92. The first-order valence-corrected chi connectivity index (χ1v) is 7.88. The number of hydrogen-bond donors (Lipinski definition) is 2. The van der Waals surface area contributed by atoms with Crippen LogP contribution < -0.4 is 11.1 Å². The topological polar surface area (TPSA) is 55.1 Å². The molecule has 0 aromatic rings. The molecule has 0 bridgehead atoms. The molecular weight excluding hydrogens is 236 g/mol. The van der Waals surface area contributed by atoms with E-state index in [1.807, 2.05) is 0 Å². The van der Waals surface area contributed by atoms with E-state index in [9.17, 15) is 4.79 Å². The molecule has 1 amide bonds. The van der Waals surface area contributed by atoms with Gasteiger partial charge in [0.05, 0.1) is 0 Å². The lowest BCUT2D eigenvalue weighted by Crippen LogP contribution is -2.47. The number of carbonyl (C=O) groups is 1. The van der Waals surface area contributed by atoms with E-state index >= 15 is 0 Å². The molecule has 0 spiro atoms. The largest absolute Gasteiger partial charge is 0.355 e. The smallest absolute Gasteiger partial charge is 0.223 e. The van der Waals surface area contributed by atoms with Gasteiger partial charge >= 0.3 is 0 Å². The number of hydrogen-bond acceptors (Lipinski definition) is 2. The maximum Gasteiger partial charge on any atom is 0.223 e. The summed E-state index contributed by atoms with van der Waals surface area (Å²) in [6, 6.07) is 0. The zero-order valence-corrected chi connectivity index (χ0v) is 13.2. The fourth-order valence-corrected chi connectivity index (χ4v) is 3.24. The van der Waals surface area contributed by atoms with Crippen molar-refractivity contribution in [2.45, 2.75) is 66.2 Å². The van der Waals surface area contributed by atoms with Crippen molar-refractivity contribution in [3.8, 4) is 0 Å². The van der Waals surface area contributed by atoms with E-state index in [0.29, 0.717) is 6.54 Å². The first kappa shape index (κ1) is 16.5. The highest BCUT2D eigenvalue weighted by atomic mass is 16.1. The van der Waals surface area contributed by atoms with Crippen LogP contribution in [0.5, 0.6) is 0 Å². The molecule has 0 aliphatic heterocycles. The minimum absolute atomic E-state index is 0.0778. The molecule has 1 saturated carbocycles. The van der Waals surface area contributed by atoms with Crippen molar-refractivity contribution < 1.29 is 4.79 Å². The summed E-state index contributed by atoms with van der Waals surface area (Å²) in [7, 11) is 0. The van der Waals surface area contributed by atoms with Crippen LogP contribution in [0.1, 0.15) is 66.2 Å². The van der Waals surface area contributed by atoms with Gasteiger partial charge in [-0.15, -0.1) is 0 Å². The molecule has 1 aliphatic rings. The lowest BCUT2D eigenvalue weighted by molar-refractivity contribution is -0.130. The van der Waals surface area contributed by atoms with E-state index in [4.69, 9.17) is 5.73 Å². The summed E-state index contributed by atoms with van der Waals surface area (Å²) in [5.41, 5.74) is 6.12. The zero-order valence-electron chi connectivity index (χ0n) is 13.2.